The van der Waals surface area contributed by atoms with Crippen molar-refractivity contribution in [2.24, 2.45) is 0 Å². The molecule has 1 aliphatic heterocycles. The van der Waals surface area contributed by atoms with Crippen LogP contribution < -0.4 is 27.4 Å². The van der Waals surface area contributed by atoms with Gasteiger partial charge in [-0.05, 0) is 81.9 Å². The van der Waals surface area contributed by atoms with Gasteiger partial charge in [-0.3, -0.25) is 0 Å². The molecule has 7 aromatic rings. The van der Waals surface area contributed by atoms with Crippen LogP contribution in [0.2, 0.25) is 0 Å². The Bertz CT molecular complexity index is 2550. The molecule has 0 saturated carbocycles. The van der Waals surface area contributed by atoms with Gasteiger partial charge < -0.3 is 27.4 Å². The average molecular weight is 807 g/mol. The molecule has 1 aliphatic rings. The minimum absolute atomic E-state index is 0. The number of benzene rings is 3. The molecule has 9 heteroatoms. The first-order valence-corrected chi connectivity index (χ1v) is 15.3. The van der Waals surface area contributed by atoms with Gasteiger partial charge in [0.25, 0.3) is 0 Å². The van der Waals surface area contributed by atoms with Crippen LogP contribution >= 0.6 is 15.9 Å². The largest absolute Gasteiger partial charge is 4.00 e. The van der Waals surface area contributed by atoms with E-state index < -0.39 is 0 Å². The van der Waals surface area contributed by atoms with Gasteiger partial charge in [0.05, 0.1) is 34.7 Å². The summed E-state index contributed by atoms with van der Waals surface area (Å²) in [7, 11) is 0. The van der Waals surface area contributed by atoms with E-state index in [2.05, 4.69) is 40.2 Å². The number of hydrogen-bond donors (Lipinski definition) is 0. The van der Waals surface area contributed by atoms with Gasteiger partial charge >= 0.3 is 23.9 Å². The molecule has 0 radical (unpaired) electrons. The first-order valence-electron chi connectivity index (χ1n) is 14.5. The number of fused-ring (bicyclic) bond motifs is 9. The van der Waals surface area contributed by atoms with E-state index in [0.29, 0.717) is 11.1 Å². The second kappa shape index (κ2) is 13.6. The monoisotopic (exact) mass is 806 g/mol. The fourth-order valence-electron chi connectivity index (χ4n) is 5.89. The number of nitrogens with zero attached hydrogens (tertiary/aromatic N) is 6. The third-order valence-corrected chi connectivity index (χ3v) is 8.63. The summed E-state index contributed by atoms with van der Waals surface area (Å²) in [6.07, 6.45) is 4.04. The average Bonchev–Trinajstić information content (AvgIpc) is 3.92. The molecule has 8 bridgehead atoms. The Balaban J connectivity index is 0.00000201. The van der Waals surface area contributed by atoms with E-state index in [4.69, 9.17) is 19.9 Å². The molecule has 0 spiro atoms. The van der Waals surface area contributed by atoms with Crippen molar-refractivity contribution in [3.63, 3.8) is 0 Å². The molecule has 0 unspecified atom stereocenters. The number of nitriles is 2. The van der Waals surface area contributed by atoms with Crippen LogP contribution in [0.15, 0.2) is 114 Å². The molecule has 6 nitrogen and oxygen atoms in total. The Labute approximate surface area is 307 Å². The molecule has 0 atom stereocenters. The topological polar surface area (TPSA) is 103 Å². The molecular formula is C39H20BrClN6Sn. The smallest absolute Gasteiger partial charge is 1.00 e. The van der Waals surface area contributed by atoms with E-state index >= 15 is 0 Å². The maximum atomic E-state index is 9.42. The fourth-order valence-corrected chi connectivity index (χ4v) is 6.15. The summed E-state index contributed by atoms with van der Waals surface area (Å²) in [5.74, 6) is 0. The number of rotatable bonds is 3. The zero-order valence-corrected chi connectivity index (χ0v) is 30.2. The molecule has 0 N–H and O–H groups in total. The van der Waals surface area contributed by atoms with Gasteiger partial charge in [-0.2, -0.15) is 21.6 Å². The van der Waals surface area contributed by atoms with Gasteiger partial charge in [0, 0.05) is 4.47 Å². The van der Waals surface area contributed by atoms with Crippen LogP contribution in [0.25, 0.3) is 78.6 Å². The first-order chi connectivity index (χ1) is 22.6. The van der Waals surface area contributed by atoms with Gasteiger partial charge in [-0.25, -0.2) is 4.98 Å². The molecule has 3 aromatic carbocycles. The van der Waals surface area contributed by atoms with Crippen molar-refractivity contribution >= 4 is 85.1 Å². The molecule has 8 rings (SSSR count). The van der Waals surface area contributed by atoms with E-state index in [0.717, 1.165) is 82.3 Å². The number of halogens is 2. The van der Waals surface area contributed by atoms with Crippen LogP contribution in [-0.4, -0.2) is 28.9 Å². The van der Waals surface area contributed by atoms with Gasteiger partial charge in [-0.1, -0.05) is 88.7 Å². The van der Waals surface area contributed by atoms with Gasteiger partial charge in [0.15, 0.2) is 0 Å². The van der Waals surface area contributed by atoms with E-state index in [9.17, 15) is 10.5 Å². The summed E-state index contributed by atoms with van der Waals surface area (Å²) in [5.41, 5.74) is 12.7. The van der Waals surface area contributed by atoms with Crippen molar-refractivity contribution in [3.8, 4) is 45.5 Å². The predicted molar refractivity (Wildman–Crippen MR) is 191 cm³/mol. The second-order valence-electron chi connectivity index (χ2n) is 10.9. The van der Waals surface area contributed by atoms with Crippen molar-refractivity contribution in [1.29, 1.82) is 10.5 Å². The minimum Gasteiger partial charge on any atom is -1.00 e. The third kappa shape index (κ3) is 5.93. The zero-order chi connectivity index (χ0) is 31.2. The van der Waals surface area contributed by atoms with Crippen LogP contribution in [0.5, 0.6) is 0 Å². The Hall–Kier alpha value is -5.06. The molecule has 0 saturated heterocycles. The Morgan fingerprint density at radius 2 is 0.792 bits per heavy atom. The van der Waals surface area contributed by atoms with Crippen LogP contribution in [0.3, 0.4) is 0 Å². The van der Waals surface area contributed by atoms with E-state index in [1.807, 2.05) is 109 Å². The maximum Gasteiger partial charge on any atom is 4.00 e. The number of hydrogen-bond acceptors (Lipinski definition) is 3. The van der Waals surface area contributed by atoms with Crippen molar-refractivity contribution in [2.75, 3.05) is 0 Å². The fraction of sp³-hybridized carbons (Fsp3) is 0. The SMILES string of the molecule is N#Cc1ccc(-c2c3nc(c(-c4ccc(Br)cc4)c4ccc([n-]4)c(-c4ccc(C#N)cc4)c4ccc([n-]4)c4ccc2[n-]4)C=C3)cc1.[Cl-].[Sn+4]. The Morgan fingerprint density at radius 1 is 0.458 bits per heavy atom. The second-order valence-corrected chi connectivity index (χ2v) is 11.8. The minimum atomic E-state index is 0. The summed E-state index contributed by atoms with van der Waals surface area (Å²) >= 11 is 3.57. The predicted octanol–water partition coefficient (Wildman–Crippen LogP) is 5.71. The summed E-state index contributed by atoms with van der Waals surface area (Å²) in [4.78, 5) is 20.5. The Kier molecular flexibility index (Phi) is 9.30. The van der Waals surface area contributed by atoms with Crippen LogP contribution in [-0.2, 0) is 0 Å². The maximum absolute atomic E-state index is 9.42. The molecular weight excluding hydrogens is 787 g/mol. The van der Waals surface area contributed by atoms with E-state index in [-0.39, 0.29) is 36.3 Å². The van der Waals surface area contributed by atoms with Gasteiger partial charge in [0.2, 0.25) is 0 Å². The van der Waals surface area contributed by atoms with Crippen molar-refractivity contribution < 1.29 is 12.4 Å². The molecule has 0 fully saturated rings. The molecule has 0 amide bonds. The summed E-state index contributed by atoms with van der Waals surface area (Å²) in [6.45, 7) is 0. The van der Waals surface area contributed by atoms with Crippen molar-refractivity contribution in [3.05, 3.63) is 136 Å². The van der Waals surface area contributed by atoms with Crippen LogP contribution in [0, 0.1) is 22.7 Å². The van der Waals surface area contributed by atoms with Gasteiger partial charge in [-0.15, -0.1) is 22.1 Å². The summed E-state index contributed by atoms with van der Waals surface area (Å²) in [6, 6.07) is 39.5. The number of aromatic nitrogens is 4. The van der Waals surface area contributed by atoms with E-state index in [1.54, 1.807) is 0 Å². The van der Waals surface area contributed by atoms with Crippen LogP contribution in [0.4, 0.5) is 0 Å². The summed E-state index contributed by atoms with van der Waals surface area (Å²) < 4.78 is 0.977. The molecule has 0 aliphatic carbocycles. The molecule has 224 valence electrons. The molecule has 48 heavy (non-hydrogen) atoms. The van der Waals surface area contributed by atoms with Gasteiger partial charge in [0.1, 0.15) is 0 Å². The van der Waals surface area contributed by atoms with Crippen LogP contribution in [0.1, 0.15) is 22.5 Å². The zero-order valence-electron chi connectivity index (χ0n) is 25.0. The standard InChI is InChI=1S/C39H20BrN6.ClH.Sn/c40-28-11-9-27(10-12-28)39-35-19-17-33(45-35)37(25-5-1-23(21-41)2-6-25)31-15-13-29(43-31)30-14-16-32(44-30)38(34-18-20-36(39)46-34)26-7-3-24(22-42)4-8-26;;/h1-20H;1H;/q-3;;+4/p-1. The first kappa shape index (κ1) is 32.9. The summed E-state index contributed by atoms with van der Waals surface area (Å²) in [5, 5.41) is 18.8. The van der Waals surface area contributed by atoms with E-state index in [1.165, 1.54) is 0 Å². The van der Waals surface area contributed by atoms with Crippen molar-refractivity contribution in [1.82, 2.24) is 19.9 Å². The Morgan fingerprint density at radius 3 is 1.21 bits per heavy atom. The molecule has 5 heterocycles. The normalized spacial score (nSPS) is 11.0. The third-order valence-electron chi connectivity index (χ3n) is 8.10. The quantitative estimate of drug-likeness (QED) is 0.212. The molecule has 4 aromatic heterocycles. The van der Waals surface area contributed by atoms with Crippen molar-refractivity contribution in [2.45, 2.75) is 0 Å².